The highest BCUT2D eigenvalue weighted by Gasteiger charge is 2.08. The maximum atomic E-state index is 13.3. The molecule has 2 nitrogen and oxygen atoms in total. The van der Waals surface area contributed by atoms with Crippen molar-refractivity contribution in [2.24, 2.45) is 0 Å². The van der Waals surface area contributed by atoms with Crippen LogP contribution in [0.5, 0.6) is 5.75 Å². The van der Waals surface area contributed by atoms with Crippen LogP contribution in [0.25, 0.3) is 0 Å². The van der Waals surface area contributed by atoms with Crippen molar-refractivity contribution in [3.63, 3.8) is 0 Å². The predicted octanol–water partition coefficient (Wildman–Crippen LogP) is 2.84. The van der Waals surface area contributed by atoms with Gasteiger partial charge in [0.05, 0.1) is 6.61 Å². The average Bonchev–Trinajstić information content (AvgIpc) is 2.26. The molecule has 0 aliphatic carbocycles. The van der Waals surface area contributed by atoms with Crippen LogP contribution in [-0.4, -0.2) is 11.7 Å². The zero-order chi connectivity index (χ0) is 11.3. The molecule has 0 aliphatic heterocycles. The number of para-hydroxylation sites is 1. The lowest BCUT2D eigenvalue weighted by Crippen LogP contribution is -2.03. The van der Waals surface area contributed by atoms with Crippen molar-refractivity contribution >= 4 is 11.6 Å². The smallest absolute Gasteiger partial charge is 0.165 e. The number of halogens is 2. The van der Waals surface area contributed by atoms with Crippen molar-refractivity contribution in [3.05, 3.63) is 40.7 Å². The van der Waals surface area contributed by atoms with Gasteiger partial charge >= 0.3 is 0 Å². The van der Waals surface area contributed by atoms with Gasteiger partial charge in [-0.15, -0.1) is 0 Å². The van der Waals surface area contributed by atoms with E-state index in [9.17, 15) is 4.39 Å². The minimum absolute atomic E-state index is 0.0814. The second-order valence-electron chi connectivity index (χ2n) is 3.13. The third kappa shape index (κ3) is 3.22. The third-order valence-corrected chi connectivity index (χ3v) is 2.22. The van der Waals surface area contributed by atoms with Crippen LogP contribution < -0.4 is 4.74 Å². The molecule has 0 heterocycles. The summed E-state index contributed by atoms with van der Waals surface area (Å²) < 4.78 is 18.5. The molecule has 1 rings (SSSR count). The molecule has 15 heavy (non-hydrogen) atoms. The van der Waals surface area contributed by atoms with Crippen LogP contribution in [0.4, 0.5) is 4.39 Å². The van der Waals surface area contributed by atoms with Crippen LogP contribution in [0, 0.1) is 5.82 Å². The molecule has 1 aromatic carbocycles. The summed E-state index contributed by atoms with van der Waals surface area (Å²) in [5.74, 6) is -0.401. The van der Waals surface area contributed by atoms with Gasteiger partial charge in [0.25, 0.3) is 0 Å². The lowest BCUT2D eigenvalue weighted by atomic mass is 10.2. The zero-order valence-electron chi connectivity index (χ0n) is 8.34. The Morgan fingerprint density at radius 3 is 2.93 bits per heavy atom. The fourth-order valence-corrected chi connectivity index (χ4v) is 1.12. The van der Waals surface area contributed by atoms with Crippen molar-refractivity contribution in [3.8, 4) is 5.75 Å². The summed E-state index contributed by atoms with van der Waals surface area (Å²) in [7, 11) is 0. The number of aliphatic hydroxyl groups is 1. The van der Waals surface area contributed by atoms with Gasteiger partial charge in [-0.1, -0.05) is 23.7 Å². The van der Waals surface area contributed by atoms with Gasteiger partial charge in [-0.25, -0.2) is 4.39 Å². The first-order valence-corrected chi connectivity index (χ1v) is 4.89. The van der Waals surface area contributed by atoms with Crippen molar-refractivity contribution in [1.29, 1.82) is 0 Å². The Bertz CT molecular complexity index is 364. The second kappa shape index (κ2) is 5.73. The van der Waals surface area contributed by atoms with E-state index >= 15 is 0 Å². The van der Waals surface area contributed by atoms with E-state index in [1.54, 1.807) is 13.0 Å². The van der Waals surface area contributed by atoms with E-state index in [1.807, 2.05) is 0 Å². The van der Waals surface area contributed by atoms with Crippen LogP contribution in [-0.2, 0) is 6.61 Å². The van der Waals surface area contributed by atoms with Gasteiger partial charge in [-0.2, -0.15) is 0 Å². The first-order chi connectivity index (χ1) is 7.19. The molecular weight excluding hydrogens is 219 g/mol. The van der Waals surface area contributed by atoms with Crippen LogP contribution >= 0.6 is 11.6 Å². The Morgan fingerprint density at radius 1 is 1.60 bits per heavy atom. The molecule has 1 aromatic rings. The quantitative estimate of drug-likeness (QED) is 0.862. The molecule has 0 spiro atoms. The molecule has 4 heteroatoms. The lowest BCUT2D eigenvalue weighted by Gasteiger charge is -2.10. The van der Waals surface area contributed by atoms with E-state index in [4.69, 9.17) is 21.4 Å². The summed E-state index contributed by atoms with van der Waals surface area (Å²) in [4.78, 5) is 0. The number of aliphatic hydroxyl groups excluding tert-OH is 1. The van der Waals surface area contributed by atoms with Gasteiger partial charge in [-0.3, -0.25) is 0 Å². The number of hydrogen-bond donors (Lipinski definition) is 1. The molecule has 0 unspecified atom stereocenters. The molecule has 0 aliphatic rings. The zero-order valence-corrected chi connectivity index (χ0v) is 9.09. The van der Waals surface area contributed by atoms with E-state index in [1.165, 1.54) is 17.7 Å². The molecule has 0 amide bonds. The van der Waals surface area contributed by atoms with Gasteiger partial charge in [-0.05, 0) is 18.6 Å². The van der Waals surface area contributed by atoms with Crippen molar-refractivity contribution in [2.75, 3.05) is 6.61 Å². The molecule has 82 valence electrons. The van der Waals surface area contributed by atoms with Gasteiger partial charge in [0.15, 0.2) is 11.6 Å². The lowest BCUT2D eigenvalue weighted by molar-refractivity contribution is 0.264. The fourth-order valence-electron chi connectivity index (χ4n) is 1.06. The molecule has 0 aromatic heterocycles. The Kier molecular flexibility index (Phi) is 4.59. The molecule has 0 atom stereocenters. The Hall–Kier alpha value is -1.06. The Morgan fingerprint density at radius 2 is 2.33 bits per heavy atom. The molecule has 0 fully saturated rings. The normalized spacial score (nSPS) is 11.6. The summed E-state index contributed by atoms with van der Waals surface area (Å²) in [5, 5.41) is 8.98. The van der Waals surface area contributed by atoms with E-state index in [2.05, 4.69) is 0 Å². The van der Waals surface area contributed by atoms with Gasteiger partial charge in [0.2, 0.25) is 0 Å². The van der Waals surface area contributed by atoms with Gasteiger partial charge < -0.3 is 9.84 Å². The minimum Gasteiger partial charge on any atom is -0.486 e. The van der Waals surface area contributed by atoms with Crippen LogP contribution in [0.3, 0.4) is 0 Å². The predicted molar refractivity (Wildman–Crippen MR) is 57.4 cm³/mol. The maximum absolute atomic E-state index is 13.3. The summed E-state index contributed by atoms with van der Waals surface area (Å²) in [6.07, 6.45) is 0. The fraction of sp³-hybridized carbons (Fsp3) is 0.273. The van der Waals surface area contributed by atoms with E-state index in [0.29, 0.717) is 5.56 Å². The monoisotopic (exact) mass is 230 g/mol. The van der Waals surface area contributed by atoms with Gasteiger partial charge in [0, 0.05) is 11.1 Å². The summed E-state index contributed by atoms with van der Waals surface area (Å²) in [6, 6.07) is 4.42. The van der Waals surface area contributed by atoms with Gasteiger partial charge in [0.1, 0.15) is 6.61 Å². The molecule has 0 saturated heterocycles. The summed E-state index contributed by atoms with van der Waals surface area (Å²) in [6.45, 7) is 1.72. The minimum atomic E-state index is -0.482. The number of rotatable bonds is 4. The Balaban J connectivity index is 2.83. The maximum Gasteiger partial charge on any atom is 0.165 e. The van der Waals surface area contributed by atoms with E-state index in [-0.39, 0.29) is 19.0 Å². The largest absolute Gasteiger partial charge is 0.486 e. The molecule has 0 saturated carbocycles. The SMILES string of the molecule is C/C(=C/Cl)COc1c(F)cccc1CO. The van der Waals surface area contributed by atoms with Crippen LogP contribution in [0.2, 0.25) is 0 Å². The first kappa shape index (κ1) is 12.0. The summed E-state index contributed by atoms with van der Waals surface area (Å²) in [5.41, 5.74) is 2.58. The molecule has 0 radical (unpaired) electrons. The number of benzene rings is 1. The number of ether oxygens (including phenoxy) is 1. The van der Waals surface area contributed by atoms with E-state index in [0.717, 1.165) is 5.57 Å². The highest BCUT2D eigenvalue weighted by molar-refractivity contribution is 6.25. The molecule has 1 N–H and O–H groups in total. The Labute approximate surface area is 92.9 Å². The van der Waals surface area contributed by atoms with E-state index < -0.39 is 5.82 Å². The molecule has 0 bridgehead atoms. The topological polar surface area (TPSA) is 29.5 Å². The average molecular weight is 231 g/mol. The van der Waals surface area contributed by atoms with Crippen molar-refractivity contribution in [2.45, 2.75) is 13.5 Å². The highest BCUT2D eigenvalue weighted by Crippen LogP contribution is 2.23. The van der Waals surface area contributed by atoms with Crippen LogP contribution in [0.15, 0.2) is 29.3 Å². The molecular formula is C11H12ClFO2. The highest BCUT2D eigenvalue weighted by atomic mass is 35.5. The first-order valence-electron chi connectivity index (χ1n) is 4.46. The summed E-state index contributed by atoms with van der Waals surface area (Å²) >= 11 is 5.45. The third-order valence-electron chi connectivity index (χ3n) is 1.85. The van der Waals surface area contributed by atoms with Crippen molar-refractivity contribution in [1.82, 2.24) is 0 Å². The van der Waals surface area contributed by atoms with Crippen LogP contribution in [0.1, 0.15) is 12.5 Å². The standard InChI is InChI=1S/C11H12ClFO2/c1-8(5-12)7-15-11-9(6-14)3-2-4-10(11)13/h2-5,14H,6-7H2,1H3/b8-5-. The number of hydrogen-bond acceptors (Lipinski definition) is 2. The van der Waals surface area contributed by atoms with Crippen molar-refractivity contribution < 1.29 is 14.2 Å². The second-order valence-corrected chi connectivity index (χ2v) is 3.35.